The first-order valence-corrected chi connectivity index (χ1v) is 11.2. The zero-order chi connectivity index (χ0) is 23.5. The van der Waals surface area contributed by atoms with Crippen molar-refractivity contribution < 1.29 is 21.6 Å². The van der Waals surface area contributed by atoms with Crippen LogP contribution in [-0.4, -0.2) is 26.5 Å². The Hall–Kier alpha value is -3.16. The van der Waals surface area contributed by atoms with E-state index in [0.29, 0.717) is 11.4 Å². The summed E-state index contributed by atoms with van der Waals surface area (Å²) < 4.78 is 66.2. The van der Waals surface area contributed by atoms with Crippen LogP contribution in [0.15, 0.2) is 47.4 Å². The Kier molecular flexibility index (Phi) is 6.71. The molecular weight excluding hydrogens is 441 g/mol. The maximum absolute atomic E-state index is 13.1. The van der Waals surface area contributed by atoms with E-state index in [9.17, 15) is 26.9 Å². The van der Waals surface area contributed by atoms with Gasteiger partial charge in [0.1, 0.15) is 11.9 Å². The number of aryl methyl sites for hydroxylation is 2. The number of hydrogen-bond acceptors (Lipinski definition) is 5. The summed E-state index contributed by atoms with van der Waals surface area (Å²) in [5.41, 5.74) is 1.91. The van der Waals surface area contributed by atoms with Gasteiger partial charge in [-0.1, -0.05) is 18.2 Å². The second-order valence-corrected chi connectivity index (χ2v) is 9.05. The predicted octanol–water partition coefficient (Wildman–Crippen LogP) is 4.52. The molecule has 1 heterocycles. The topological polar surface area (TPSA) is 94.9 Å². The maximum Gasteiger partial charge on any atom is 0.417 e. The molecule has 2 N–H and O–H groups in total. The molecule has 0 saturated heterocycles. The second-order valence-electron chi connectivity index (χ2n) is 7.32. The molecule has 0 aliphatic heterocycles. The first kappa shape index (κ1) is 23.5. The van der Waals surface area contributed by atoms with Crippen molar-refractivity contribution in [2.45, 2.75) is 31.3 Å². The molecule has 6 nitrogen and oxygen atoms in total. The number of nitriles is 1. The number of aromatic nitrogens is 1. The molecule has 0 amide bonds. The molecule has 168 valence electrons. The Bertz CT molecular complexity index is 1300. The number of benzene rings is 2. The van der Waals surface area contributed by atoms with E-state index in [2.05, 4.69) is 21.1 Å². The van der Waals surface area contributed by atoms with Crippen LogP contribution in [0.5, 0.6) is 0 Å². The largest absolute Gasteiger partial charge is 0.417 e. The second kappa shape index (κ2) is 9.14. The number of halogens is 3. The van der Waals surface area contributed by atoms with Crippen molar-refractivity contribution in [1.29, 1.82) is 5.26 Å². The summed E-state index contributed by atoms with van der Waals surface area (Å²) in [5, 5.41) is 13.3. The molecule has 0 saturated carbocycles. The van der Waals surface area contributed by atoms with Crippen LogP contribution in [0.1, 0.15) is 28.7 Å². The molecule has 0 unspecified atom stereocenters. The zero-order valence-corrected chi connectivity index (χ0v) is 18.2. The van der Waals surface area contributed by atoms with E-state index < -0.39 is 26.7 Å². The van der Waals surface area contributed by atoms with Crippen LogP contribution in [0.3, 0.4) is 0 Å². The number of nitrogens with one attached hydrogen (secondary N) is 2. The van der Waals surface area contributed by atoms with E-state index in [1.54, 1.807) is 6.07 Å². The van der Waals surface area contributed by atoms with Crippen LogP contribution < -0.4 is 10.0 Å². The molecule has 0 radical (unpaired) electrons. The average Bonchev–Trinajstić information content (AvgIpc) is 2.72. The van der Waals surface area contributed by atoms with Gasteiger partial charge in [0.25, 0.3) is 0 Å². The van der Waals surface area contributed by atoms with Crippen LogP contribution >= 0.6 is 0 Å². The van der Waals surface area contributed by atoms with Crippen molar-refractivity contribution in [1.82, 2.24) is 9.71 Å². The molecule has 0 aliphatic carbocycles. The molecule has 0 atom stereocenters. The minimum atomic E-state index is -4.78. The third-order valence-corrected chi connectivity index (χ3v) is 6.35. The van der Waals surface area contributed by atoms with Gasteiger partial charge in [-0.05, 0) is 55.7 Å². The molecule has 1 aromatic heterocycles. The Labute approximate surface area is 184 Å². The predicted molar refractivity (Wildman–Crippen MR) is 116 cm³/mol. The number of rotatable bonds is 7. The number of alkyl halides is 3. The highest BCUT2D eigenvalue weighted by molar-refractivity contribution is 7.89. The van der Waals surface area contributed by atoms with Gasteiger partial charge in [-0.3, -0.25) is 0 Å². The Morgan fingerprint density at radius 3 is 2.50 bits per heavy atom. The van der Waals surface area contributed by atoms with Crippen LogP contribution in [0, 0.1) is 25.2 Å². The maximum atomic E-state index is 13.1. The number of pyridine rings is 1. The standard InChI is InChI=1S/C22H21F3N4O2S/c1-14-10-15(2)17-12-16(13-26)21(29-19(17)11-14)27-8-5-9-28-32(30,31)20-7-4-3-6-18(20)22(23,24)25/h3-4,6-7,10-12,28H,5,8-9H2,1-2H3,(H,27,29). The summed E-state index contributed by atoms with van der Waals surface area (Å²) in [6.07, 6.45) is -4.51. The third-order valence-electron chi connectivity index (χ3n) is 4.83. The first-order chi connectivity index (χ1) is 15.0. The summed E-state index contributed by atoms with van der Waals surface area (Å²) in [5.74, 6) is 0.371. The Morgan fingerprint density at radius 2 is 1.81 bits per heavy atom. The van der Waals surface area contributed by atoms with E-state index in [1.807, 2.05) is 26.0 Å². The van der Waals surface area contributed by atoms with Gasteiger partial charge in [0.05, 0.1) is 21.5 Å². The highest BCUT2D eigenvalue weighted by Crippen LogP contribution is 2.33. The third kappa shape index (κ3) is 5.18. The SMILES string of the molecule is Cc1cc(C)c2cc(C#N)c(NCCCNS(=O)(=O)c3ccccc3C(F)(F)F)nc2c1. The normalized spacial score (nSPS) is 12.0. The van der Waals surface area contributed by atoms with Crippen molar-refractivity contribution in [2.24, 2.45) is 0 Å². The van der Waals surface area contributed by atoms with Gasteiger partial charge < -0.3 is 5.32 Å². The highest BCUT2D eigenvalue weighted by atomic mass is 32.2. The zero-order valence-electron chi connectivity index (χ0n) is 17.4. The molecule has 0 aliphatic rings. The lowest BCUT2D eigenvalue weighted by atomic mass is 10.0. The van der Waals surface area contributed by atoms with Crippen molar-refractivity contribution in [3.8, 4) is 6.07 Å². The number of anilines is 1. The molecule has 10 heteroatoms. The molecule has 3 rings (SSSR count). The fourth-order valence-corrected chi connectivity index (χ4v) is 4.66. The molecular formula is C22H21F3N4O2S. The van der Waals surface area contributed by atoms with Gasteiger partial charge in [-0.25, -0.2) is 18.1 Å². The Balaban J connectivity index is 1.66. The lowest BCUT2D eigenvalue weighted by molar-refractivity contribution is -0.139. The van der Waals surface area contributed by atoms with Crippen LogP contribution in [-0.2, 0) is 16.2 Å². The first-order valence-electron chi connectivity index (χ1n) is 9.75. The number of sulfonamides is 1. The van der Waals surface area contributed by atoms with Crippen molar-refractivity contribution in [3.63, 3.8) is 0 Å². The monoisotopic (exact) mass is 462 g/mol. The van der Waals surface area contributed by atoms with E-state index in [4.69, 9.17) is 0 Å². The average molecular weight is 462 g/mol. The van der Waals surface area contributed by atoms with Crippen LogP contribution in [0.2, 0.25) is 0 Å². The summed E-state index contributed by atoms with van der Waals surface area (Å²) in [6, 6.07) is 11.8. The summed E-state index contributed by atoms with van der Waals surface area (Å²) in [7, 11) is -4.34. The molecule has 0 fully saturated rings. The van der Waals surface area contributed by atoms with E-state index >= 15 is 0 Å². The van der Waals surface area contributed by atoms with E-state index in [1.165, 1.54) is 6.07 Å². The minimum absolute atomic E-state index is 0.0881. The fourth-order valence-electron chi connectivity index (χ4n) is 3.36. The molecule has 2 aromatic carbocycles. The van der Waals surface area contributed by atoms with Gasteiger partial charge >= 0.3 is 6.18 Å². The molecule has 0 bridgehead atoms. The molecule has 0 spiro atoms. The van der Waals surface area contributed by atoms with Gasteiger partial charge in [0.2, 0.25) is 10.0 Å². The van der Waals surface area contributed by atoms with E-state index in [0.717, 1.165) is 40.2 Å². The van der Waals surface area contributed by atoms with Crippen molar-refractivity contribution in [3.05, 3.63) is 64.7 Å². The quantitative estimate of drug-likeness (QED) is 0.504. The van der Waals surface area contributed by atoms with Gasteiger partial charge in [0, 0.05) is 18.5 Å². The van der Waals surface area contributed by atoms with Crippen molar-refractivity contribution >= 4 is 26.7 Å². The summed E-state index contributed by atoms with van der Waals surface area (Å²) in [4.78, 5) is 3.69. The lowest BCUT2D eigenvalue weighted by Gasteiger charge is -2.14. The number of fused-ring (bicyclic) bond motifs is 1. The van der Waals surface area contributed by atoms with E-state index in [-0.39, 0.29) is 19.5 Å². The fraction of sp³-hybridized carbons (Fsp3) is 0.273. The molecule has 3 aromatic rings. The number of hydrogen-bond donors (Lipinski definition) is 2. The summed E-state index contributed by atoms with van der Waals surface area (Å²) in [6.45, 7) is 4.06. The number of nitrogens with zero attached hydrogens (tertiary/aromatic N) is 2. The van der Waals surface area contributed by atoms with Gasteiger partial charge in [-0.15, -0.1) is 0 Å². The van der Waals surface area contributed by atoms with Crippen LogP contribution in [0.25, 0.3) is 10.9 Å². The molecule has 32 heavy (non-hydrogen) atoms. The van der Waals surface area contributed by atoms with Crippen molar-refractivity contribution in [2.75, 3.05) is 18.4 Å². The van der Waals surface area contributed by atoms with Crippen LogP contribution in [0.4, 0.5) is 19.0 Å². The van der Waals surface area contributed by atoms with Gasteiger partial charge in [0.15, 0.2) is 0 Å². The Morgan fingerprint density at radius 1 is 1.09 bits per heavy atom. The lowest BCUT2D eigenvalue weighted by Crippen LogP contribution is -2.28. The summed E-state index contributed by atoms with van der Waals surface area (Å²) >= 11 is 0. The minimum Gasteiger partial charge on any atom is -0.369 e. The highest BCUT2D eigenvalue weighted by Gasteiger charge is 2.36. The smallest absolute Gasteiger partial charge is 0.369 e. The van der Waals surface area contributed by atoms with Gasteiger partial charge in [-0.2, -0.15) is 18.4 Å².